The van der Waals surface area contributed by atoms with Gasteiger partial charge in [-0.1, -0.05) is 18.2 Å². The molecule has 29 heavy (non-hydrogen) atoms. The van der Waals surface area contributed by atoms with Crippen LogP contribution in [0.3, 0.4) is 0 Å². The molecule has 1 aliphatic heterocycles. The van der Waals surface area contributed by atoms with Gasteiger partial charge in [-0.3, -0.25) is 9.59 Å². The number of anilines is 1. The Kier molecular flexibility index (Phi) is 6.63. The molecule has 8 nitrogen and oxygen atoms in total. The standard InChI is InChI=1S/C20H23N3O5S/c1-15(24)22-18-6-2-4-16(12-18)14-21-20(25)17-5-3-7-19(13-17)29(26,27)23-8-10-28-11-9-23/h2-7,12-13H,8-11,14H2,1H3,(H,21,25)(H,22,24). The molecule has 0 radical (unpaired) electrons. The average Bonchev–Trinajstić information content (AvgIpc) is 2.72. The van der Waals surface area contributed by atoms with Gasteiger partial charge in [-0.2, -0.15) is 4.31 Å². The summed E-state index contributed by atoms with van der Waals surface area (Å²) in [6.07, 6.45) is 0. The maximum Gasteiger partial charge on any atom is 0.251 e. The van der Waals surface area contributed by atoms with Crippen LogP contribution in [-0.2, 0) is 26.1 Å². The summed E-state index contributed by atoms with van der Waals surface area (Å²) in [6, 6.07) is 13.1. The van der Waals surface area contributed by atoms with E-state index >= 15 is 0 Å². The SMILES string of the molecule is CC(=O)Nc1cccc(CNC(=O)c2cccc(S(=O)(=O)N3CCOCC3)c2)c1. The lowest BCUT2D eigenvalue weighted by Crippen LogP contribution is -2.40. The molecule has 0 spiro atoms. The van der Waals surface area contributed by atoms with E-state index in [2.05, 4.69) is 10.6 Å². The van der Waals surface area contributed by atoms with Gasteiger partial charge in [-0.15, -0.1) is 0 Å². The number of sulfonamides is 1. The van der Waals surface area contributed by atoms with E-state index in [0.717, 1.165) is 5.56 Å². The maximum absolute atomic E-state index is 12.8. The predicted octanol–water partition coefficient (Wildman–Crippen LogP) is 1.60. The normalized spacial score (nSPS) is 14.9. The third-order valence-corrected chi connectivity index (χ3v) is 6.30. The summed E-state index contributed by atoms with van der Waals surface area (Å²) < 4.78 is 32.1. The monoisotopic (exact) mass is 417 g/mol. The number of benzene rings is 2. The Labute approximate surface area is 169 Å². The molecule has 0 aliphatic carbocycles. The second kappa shape index (κ2) is 9.17. The molecule has 1 aliphatic rings. The zero-order valence-electron chi connectivity index (χ0n) is 16.1. The summed E-state index contributed by atoms with van der Waals surface area (Å²) in [4.78, 5) is 23.8. The first-order chi connectivity index (χ1) is 13.9. The van der Waals surface area contributed by atoms with Crippen molar-refractivity contribution in [1.82, 2.24) is 9.62 Å². The zero-order valence-corrected chi connectivity index (χ0v) is 16.9. The molecule has 2 aromatic rings. The fourth-order valence-corrected chi connectivity index (χ4v) is 4.43. The maximum atomic E-state index is 12.8. The summed E-state index contributed by atoms with van der Waals surface area (Å²) in [6.45, 7) is 2.97. The summed E-state index contributed by atoms with van der Waals surface area (Å²) >= 11 is 0. The summed E-state index contributed by atoms with van der Waals surface area (Å²) in [5, 5.41) is 5.46. The fourth-order valence-electron chi connectivity index (χ4n) is 2.98. The van der Waals surface area contributed by atoms with Gasteiger partial charge in [0.15, 0.2) is 0 Å². The molecule has 0 bridgehead atoms. The number of hydrogen-bond acceptors (Lipinski definition) is 5. The van der Waals surface area contributed by atoms with Crippen molar-refractivity contribution >= 4 is 27.5 Å². The van der Waals surface area contributed by atoms with Crippen molar-refractivity contribution in [1.29, 1.82) is 0 Å². The van der Waals surface area contributed by atoms with Crippen LogP contribution < -0.4 is 10.6 Å². The second-order valence-electron chi connectivity index (χ2n) is 6.61. The van der Waals surface area contributed by atoms with Gasteiger partial charge in [-0.25, -0.2) is 8.42 Å². The number of nitrogens with zero attached hydrogens (tertiary/aromatic N) is 1. The predicted molar refractivity (Wildman–Crippen MR) is 108 cm³/mol. The molecule has 1 saturated heterocycles. The van der Waals surface area contributed by atoms with Crippen LogP contribution in [0.1, 0.15) is 22.8 Å². The van der Waals surface area contributed by atoms with E-state index in [4.69, 9.17) is 4.74 Å². The van der Waals surface area contributed by atoms with Gasteiger partial charge in [0.25, 0.3) is 5.91 Å². The minimum atomic E-state index is -3.67. The van der Waals surface area contributed by atoms with Crippen LogP contribution in [0.2, 0.25) is 0 Å². The highest BCUT2D eigenvalue weighted by Crippen LogP contribution is 2.18. The Morgan fingerprint density at radius 1 is 1.07 bits per heavy atom. The van der Waals surface area contributed by atoms with Crippen molar-refractivity contribution in [3.63, 3.8) is 0 Å². The molecular formula is C20H23N3O5S. The molecule has 0 unspecified atom stereocenters. The first-order valence-corrected chi connectivity index (χ1v) is 10.6. The quantitative estimate of drug-likeness (QED) is 0.743. The van der Waals surface area contributed by atoms with E-state index in [9.17, 15) is 18.0 Å². The van der Waals surface area contributed by atoms with E-state index in [0.29, 0.717) is 32.0 Å². The number of ether oxygens (including phenoxy) is 1. The Balaban J connectivity index is 1.69. The smallest absolute Gasteiger partial charge is 0.251 e. The Bertz CT molecular complexity index is 1000. The van der Waals surface area contributed by atoms with Crippen molar-refractivity contribution in [2.24, 2.45) is 0 Å². The highest BCUT2D eigenvalue weighted by Gasteiger charge is 2.26. The molecule has 2 N–H and O–H groups in total. The number of morpholine rings is 1. The van der Waals surface area contributed by atoms with Gasteiger partial charge in [0.2, 0.25) is 15.9 Å². The number of carbonyl (C=O) groups excluding carboxylic acids is 2. The van der Waals surface area contributed by atoms with Crippen molar-refractivity contribution in [3.05, 3.63) is 59.7 Å². The Morgan fingerprint density at radius 3 is 2.52 bits per heavy atom. The third kappa shape index (κ3) is 5.41. The third-order valence-electron chi connectivity index (χ3n) is 4.40. The number of carbonyl (C=O) groups is 2. The summed E-state index contributed by atoms with van der Waals surface area (Å²) in [5.41, 5.74) is 1.71. The molecule has 0 saturated carbocycles. The summed E-state index contributed by atoms with van der Waals surface area (Å²) in [5.74, 6) is -0.557. The largest absolute Gasteiger partial charge is 0.379 e. The number of amides is 2. The Hall–Kier alpha value is -2.75. The summed E-state index contributed by atoms with van der Waals surface area (Å²) in [7, 11) is -3.67. The van der Waals surface area contributed by atoms with Crippen LogP contribution in [-0.4, -0.2) is 50.8 Å². The molecular weight excluding hydrogens is 394 g/mol. The highest BCUT2D eigenvalue weighted by molar-refractivity contribution is 7.89. The van der Waals surface area contributed by atoms with Gasteiger partial charge >= 0.3 is 0 Å². The van der Waals surface area contributed by atoms with Crippen LogP contribution in [0.15, 0.2) is 53.4 Å². The van der Waals surface area contributed by atoms with Crippen LogP contribution in [0, 0.1) is 0 Å². The lowest BCUT2D eigenvalue weighted by molar-refractivity contribution is -0.114. The lowest BCUT2D eigenvalue weighted by Gasteiger charge is -2.26. The van der Waals surface area contributed by atoms with Gasteiger partial charge in [0.05, 0.1) is 18.1 Å². The topological polar surface area (TPSA) is 105 Å². The average molecular weight is 417 g/mol. The van der Waals surface area contributed by atoms with Crippen molar-refractivity contribution in [3.8, 4) is 0 Å². The molecule has 9 heteroatoms. The van der Waals surface area contributed by atoms with Gasteiger partial charge in [0.1, 0.15) is 0 Å². The molecule has 2 amide bonds. The zero-order chi connectivity index (χ0) is 20.9. The van der Waals surface area contributed by atoms with Gasteiger partial charge in [-0.05, 0) is 35.9 Å². The van der Waals surface area contributed by atoms with E-state index in [1.807, 2.05) is 6.07 Å². The molecule has 1 fully saturated rings. The van der Waals surface area contributed by atoms with Crippen molar-refractivity contribution in [2.45, 2.75) is 18.4 Å². The molecule has 154 valence electrons. The molecule has 3 rings (SSSR count). The van der Waals surface area contributed by atoms with Crippen LogP contribution in [0.5, 0.6) is 0 Å². The minimum Gasteiger partial charge on any atom is -0.379 e. The number of nitrogens with one attached hydrogen (secondary N) is 2. The van der Waals surface area contributed by atoms with Crippen molar-refractivity contribution in [2.75, 3.05) is 31.6 Å². The molecule has 0 atom stereocenters. The van der Waals surface area contributed by atoms with E-state index < -0.39 is 10.0 Å². The fraction of sp³-hybridized carbons (Fsp3) is 0.300. The number of hydrogen-bond donors (Lipinski definition) is 2. The van der Waals surface area contributed by atoms with Crippen LogP contribution >= 0.6 is 0 Å². The molecule has 1 heterocycles. The van der Waals surface area contributed by atoms with Crippen LogP contribution in [0.4, 0.5) is 5.69 Å². The highest BCUT2D eigenvalue weighted by atomic mass is 32.2. The van der Waals surface area contributed by atoms with E-state index in [1.54, 1.807) is 30.3 Å². The van der Waals surface area contributed by atoms with E-state index in [-0.39, 0.29) is 28.8 Å². The number of rotatable bonds is 6. The first-order valence-electron chi connectivity index (χ1n) is 9.19. The lowest BCUT2D eigenvalue weighted by atomic mass is 10.1. The Morgan fingerprint density at radius 2 is 1.79 bits per heavy atom. The van der Waals surface area contributed by atoms with Crippen LogP contribution in [0.25, 0.3) is 0 Å². The molecule has 0 aromatic heterocycles. The van der Waals surface area contributed by atoms with Gasteiger partial charge in [0, 0.05) is 37.8 Å². The van der Waals surface area contributed by atoms with Gasteiger partial charge < -0.3 is 15.4 Å². The first kappa shape index (κ1) is 21.0. The second-order valence-corrected chi connectivity index (χ2v) is 8.55. The molecule has 2 aromatic carbocycles. The minimum absolute atomic E-state index is 0.0831. The van der Waals surface area contributed by atoms with E-state index in [1.165, 1.54) is 23.4 Å². The van der Waals surface area contributed by atoms with Crippen molar-refractivity contribution < 1.29 is 22.7 Å².